The molecule has 1 fully saturated rings. The van der Waals surface area contributed by atoms with Crippen LogP contribution in [0.5, 0.6) is 0 Å². The number of ether oxygens (including phenoxy) is 2. The number of carbonyl (C=O) groups is 4. The van der Waals surface area contributed by atoms with E-state index in [0.717, 1.165) is 16.9 Å². The number of anilines is 1. The Balaban J connectivity index is 0.00000323. The maximum atomic E-state index is 13.4. The van der Waals surface area contributed by atoms with E-state index in [1.807, 2.05) is 19.9 Å². The maximum absolute atomic E-state index is 13.4. The number of amides is 2. The fraction of sp³-hybridized carbons (Fsp3) is 0.346. The van der Waals surface area contributed by atoms with Gasteiger partial charge >= 0.3 is 11.9 Å². The lowest BCUT2D eigenvalue weighted by molar-refractivity contribution is -0.184. The van der Waals surface area contributed by atoms with Crippen LogP contribution in [0.3, 0.4) is 0 Å². The number of carbonyl (C=O) groups excluding carboxylic acids is 4. The van der Waals surface area contributed by atoms with Crippen molar-refractivity contribution in [3.05, 3.63) is 58.5 Å². The Hall–Kier alpha value is -3.66. The highest BCUT2D eigenvalue weighted by Crippen LogP contribution is 2.41. The van der Waals surface area contributed by atoms with Gasteiger partial charge in [0.2, 0.25) is 6.29 Å². The van der Waals surface area contributed by atoms with Crippen LogP contribution in [0.4, 0.5) is 5.13 Å². The number of oxime groups is 1. The van der Waals surface area contributed by atoms with Gasteiger partial charge in [-0.25, -0.2) is 9.78 Å². The summed E-state index contributed by atoms with van der Waals surface area (Å²) in [4.78, 5) is 60.8. The van der Waals surface area contributed by atoms with Crippen LogP contribution >= 0.6 is 47.9 Å². The van der Waals surface area contributed by atoms with Crippen LogP contribution < -0.4 is 11.1 Å². The summed E-state index contributed by atoms with van der Waals surface area (Å²) in [6, 6.07) is 2.57. The first-order valence-corrected chi connectivity index (χ1v) is 14.4. The lowest BCUT2D eigenvalue weighted by Gasteiger charge is -2.49. The third-order valence-corrected chi connectivity index (χ3v) is 7.84. The fourth-order valence-electron chi connectivity index (χ4n) is 4.05. The number of thioether (sulfide) groups is 1. The van der Waals surface area contributed by atoms with Crippen LogP contribution in [0, 0.1) is 5.92 Å². The minimum atomic E-state index is -1.20. The van der Waals surface area contributed by atoms with Gasteiger partial charge in [-0.2, -0.15) is 0 Å². The highest BCUT2D eigenvalue weighted by Gasteiger charge is 2.54. The number of nitrogen functional groups attached to an aromatic ring is 1. The van der Waals surface area contributed by atoms with Crippen molar-refractivity contribution in [2.45, 2.75) is 44.9 Å². The smallest absolute Gasteiger partial charge is 0.358 e. The van der Waals surface area contributed by atoms with Crippen molar-refractivity contribution >= 4 is 88.6 Å². The number of thiazole rings is 1. The number of nitrogens with one attached hydrogen (secondary N) is 1. The number of hydrogen-bond donors (Lipinski definition) is 3. The van der Waals surface area contributed by atoms with Crippen molar-refractivity contribution in [2.24, 2.45) is 11.1 Å². The third kappa shape index (κ3) is 8.46. The number of nitrogens with zero attached hydrogens (tertiary/aromatic N) is 4. The minimum absolute atomic E-state index is 0. The largest absolute Gasteiger partial charge is 0.425 e. The zero-order chi connectivity index (χ0) is 29.7. The number of pyridine rings is 1. The summed E-state index contributed by atoms with van der Waals surface area (Å²) < 4.78 is 10.6. The lowest BCUT2D eigenvalue weighted by Crippen LogP contribution is -2.71. The number of halogens is 2. The molecule has 2 aliphatic rings. The number of hydrogen-bond acceptors (Lipinski definition) is 13. The lowest BCUT2D eigenvalue weighted by atomic mass is 10.0. The standard InChI is InChI=1S/C26H28N6O7S2.2ClH/c1-13(2)9-18(33)38-14(3)39-25(36)21-16(7-6-15-5-4-8-28-10-15)11-40-24-20(23(35)32(21)24)30-22(34)19(31-37)17-12-41-26(27)29-17;;/h4-8,10,12-14,20,24,37H,9,11H2,1-3H3,(H2,27,29)(H,30,34);2*1H/b7-6-,31-19-;;/t14?,20-,24-;;/m1../s1. The van der Waals surface area contributed by atoms with Crippen molar-refractivity contribution in [1.29, 1.82) is 0 Å². The molecule has 2 aromatic heterocycles. The van der Waals surface area contributed by atoms with Crippen molar-refractivity contribution in [2.75, 3.05) is 11.5 Å². The van der Waals surface area contributed by atoms with Gasteiger partial charge in [0.05, 0.1) is 0 Å². The monoisotopic (exact) mass is 672 g/mol. The highest BCUT2D eigenvalue weighted by atomic mass is 35.5. The van der Waals surface area contributed by atoms with E-state index >= 15 is 0 Å². The quantitative estimate of drug-likeness (QED) is 0.0841. The van der Waals surface area contributed by atoms with Crippen LogP contribution in [0.25, 0.3) is 6.08 Å². The Kier molecular flexibility index (Phi) is 13.0. The molecule has 4 rings (SSSR count). The van der Waals surface area contributed by atoms with Gasteiger partial charge in [0.1, 0.15) is 22.8 Å². The van der Waals surface area contributed by atoms with E-state index in [1.165, 1.54) is 29.0 Å². The first kappa shape index (κ1) is 35.5. The zero-order valence-electron chi connectivity index (χ0n) is 23.2. The van der Waals surface area contributed by atoms with Crippen molar-refractivity contribution in [3.63, 3.8) is 0 Å². The average Bonchev–Trinajstić information content (AvgIpc) is 3.35. The molecule has 0 saturated carbocycles. The SMILES string of the molecule is CC(C)CC(=O)OC(C)OC(=O)C1=C(/C=C\c2cccnc2)CS[C@@H]2[C@H](NC(=O)/C(=N\O)c3csc(N)n3)C(=O)N12.Cl.Cl. The van der Waals surface area contributed by atoms with Gasteiger partial charge in [-0.05, 0) is 23.1 Å². The molecule has 232 valence electrons. The molecular weight excluding hydrogens is 643 g/mol. The number of esters is 2. The molecule has 0 spiro atoms. The molecule has 4 heterocycles. The minimum Gasteiger partial charge on any atom is -0.425 e. The van der Waals surface area contributed by atoms with Gasteiger partial charge in [-0.1, -0.05) is 37.2 Å². The van der Waals surface area contributed by atoms with E-state index in [2.05, 4.69) is 20.4 Å². The number of nitrogens with two attached hydrogens (primary N) is 1. The number of fused-ring (bicyclic) bond motifs is 1. The van der Waals surface area contributed by atoms with Gasteiger partial charge in [0.15, 0.2) is 10.8 Å². The summed E-state index contributed by atoms with van der Waals surface area (Å²) in [6.07, 6.45) is 5.66. The molecule has 2 aliphatic heterocycles. The van der Waals surface area contributed by atoms with Crippen LogP contribution in [-0.4, -0.2) is 73.0 Å². The Labute approximate surface area is 267 Å². The summed E-state index contributed by atoms with van der Waals surface area (Å²) in [7, 11) is 0. The van der Waals surface area contributed by atoms with E-state index in [-0.39, 0.29) is 53.7 Å². The molecule has 0 aromatic carbocycles. The molecule has 13 nitrogen and oxygen atoms in total. The average molecular weight is 674 g/mol. The Morgan fingerprint density at radius 1 is 1.26 bits per heavy atom. The Morgan fingerprint density at radius 2 is 2.00 bits per heavy atom. The van der Waals surface area contributed by atoms with Crippen LogP contribution in [0.15, 0.2) is 52.4 Å². The molecule has 2 amide bonds. The molecular formula is C26H30Cl2N6O7S2. The molecule has 17 heteroatoms. The van der Waals surface area contributed by atoms with E-state index in [1.54, 1.807) is 30.6 Å². The number of β-lactam (4-membered cyclic amide) rings is 1. The van der Waals surface area contributed by atoms with E-state index < -0.39 is 47.2 Å². The van der Waals surface area contributed by atoms with Crippen molar-refractivity contribution < 1.29 is 33.9 Å². The second-order valence-corrected chi connectivity index (χ2v) is 11.4. The normalized spacial score (nSPS) is 18.7. The summed E-state index contributed by atoms with van der Waals surface area (Å²) in [6.45, 7) is 5.13. The molecule has 1 unspecified atom stereocenters. The van der Waals surface area contributed by atoms with Crippen molar-refractivity contribution in [1.82, 2.24) is 20.2 Å². The number of rotatable bonds is 10. The molecule has 4 N–H and O–H groups in total. The molecule has 2 aromatic rings. The molecule has 0 radical (unpaired) electrons. The summed E-state index contributed by atoms with van der Waals surface area (Å²) >= 11 is 2.38. The van der Waals surface area contributed by atoms with Crippen LogP contribution in [0.1, 0.15) is 38.4 Å². The maximum Gasteiger partial charge on any atom is 0.358 e. The second-order valence-electron chi connectivity index (χ2n) is 9.43. The number of aromatic nitrogens is 2. The third-order valence-electron chi connectivity index (χ3n) is 5.86. The summed E-state index contributed by atoms with van der Waals surface area (Å²) in [5.41, 5.74) is 6.50. The molecule has 0 aliphatic carbocycles. The Bertz CT molecular complexity index is 1430. The predicted octanol–water partition coefficient (Wildman–Crippen LogP) is 2.99. The Morgan fingerprint density at radius 3 is 2.60 bits per heavy atom. The van der Waals surface area contributed by atoms with E-state index in [0.29, 0.717) is 11.3 Å². The fourth-order valence-corrected chi connectivity index (χ4v) is 5.91. The van der Waals surface area contributed by atoms with E-state index in [9.17, 15) is 24.4 Å². The summed E-state index contributed by atoms with van der Waals surface area (Å²) in [5, 5.41) is 15.9. The van der Waals surface area contributed by atoms with Gasteiger partial charge in [-0.15, -0.1) is 47.9 Å². The first-order valence-electron chi connectivity index (χ1n) is 12.5. The molecule has 0 bridgehead atoms. The molecule has 43 heavy (non-hydrogen) atoms. The predicted molar refractivity (Wildman–Crippen MR) is 166 cm³/mol. The van der Waals surface area contributed by atoms with Crippen LogP contribution in [-0.2, 0) is 28.7 Å². The van der Waals surface area contributed by atoms with E-state index in [4.69, 9.17) is 15.2 Å². The van der Waals surface area contributed by atoms with Gasteiger partial charge < -0.3 is 25.7 Å². The summed E-state index contributed by atoms with van der Waals surface area (Å²) in [5.74, 6) is -2.43. The first-order chi connectivity index (χ1) is 19.6. The van der Waals surface area contributed by atoms with Gasteiger partial charge in [0.25, 0.3) is 11.8 Å². The van der Waals surface area contributed by atoms with Gasteiger partial charge in [-0.3, -0.25) is 24.3 Å². The van der Waals surface area contributed by atoms with Crippen LogP contribution in [0.2, 0.25) is 0 Å². The topological polar surface area (TPSA) is 186 Å². The highest BCUT2D eigenvalue weighted by molar-refractivity contribution is 8.00. The second kappa shape index (κ2) is 15.7. The molecule has 1 saturated heterocycles. The molecule has 3 atom stereocenters. The number of allylic oxidation sites excluding steroid dienone is 1. The zero-order valence-corrected chi connectivity index (χ0v) is 26.4. The van der Waals surface area contributed by atoms with Crippen molar-refractivity contribution in [3.8, 4) is 0 Å². The van der Waals surface area contributed by atoms with Gasteiger partial charge in [0, 0.05) is 36.9 Å².